The molecule has 2 aromatic carbocycles. The molecule has 0 spiro atoms. The smallest absolute Gasteiger partial charge is 0.416 e. The Morgan fingerprint density at radius 2 is 1.79 bits per heavy atom. The van der Waals surface area contributed by atoms with Crippen molar-refractivity contribution in [2.24, 2.45) is 0 Å². The van der Waals surface area contributed by atoms with Crippen molar-refractivity contribution in [2.45, 2.75) is 25.4 Å². The molecule has 0 N–H and O–H groups in total. The highest BCUT2D eigenvalue weighted by Gasteiger charge is 2.29. The van der Waals surface area contributed by atoms with Crippen LogP contribution in [0.4, 0.5) is 13.2 Å². The highest BCUT2D eigenvalue weighted by molar-refractivity contribution is 5.59. The predicted octanol–water partition coefficient (Wildman–Crippen LogP) is 4.69. The van der Waals surface area contributed by atoms with Gasteiger partial charge in [0.25, 0.3) is 0 Å². The summed E-state index contributed by atoms with van der Waals surface area (Å²) in [5, 5.41) is 16.9. The molecule has 8 heteroatoms. The Kier molecular flexibility index (Phi) is 6.17. The third-order valence-electron chi connectivity index (χ3n) is 4.45. The number of aromatic nitrogens is 2. The number of benzene rings is 2. The zero-order valence-electron chi connectivity index (χ0n) is 15.8. The molecule has 29 heavy (non-hydrogen) atoms. The van der Waals surface area contributed by atoms with Crippen molar-refractivity contribution in [2.75, 3.05) is 13.6 Å². The molecular weight excluding hydrogens is 381 g/mol. The van der Waals surface area contributed by atoms with Gasteiger partial charge in [-0.2, -0.15) is 18.4 Å². The molecule has 0 unspecified atom stereocenters. The summed E-state index contributed by atoms with van der Waals surface area (Å²) in [6.07, 6.45) is -0.613. The van der Waals surface area contributed by atoms with E-state index in [1.165, 1.54) is 17.0 Å². The van der Waals surface area contributed by atoms with Gasteiger partial charge >= 0.3 is 6.18 Å². The van der Waals surface area contributed by atoms with Gasteiger partial charge in [-0.1, -0.05) is 30.3 Å². The molecule has 0 radical (unpaired) electrons. The summed E-state index contributed by atoms with van der Waals surface area (Å²) < 4.78 is 44.0. The molecule has 0 saturated heterocycles. The van der Waals surface area contributed by atoms with Crippen molar-refractivity contribution in [3.63, 3.8) is 0 Å². The van der Waals surface area contributed by atoms with E-state index in [-0.39, 0.29) is 0 Å². The largest absolute Gasteiger partial charge is 0.421 e. The molecule has 0 atom stereocenters. The van der Waals surface area contributed by atoms with E-state index in [1.807, 2.05) is 30.5 Å². The van der Waals surface area contributed by atoms with Gasteiger partial charge in [0.15, 0.2) is 6.19 Å². The number of nitrogens with zero attached hydrogens (tertiary/aromatic N) is 4. The fourth-order valence-corrected chi connectivity index (χ4v) is 2.90. The summed E-state index contributed by atoms with van der Waals surface area (Å²) in [7, 11) is 1.71. The van der Waals surface area contributed by atoms with Crippen molar-refractivity contribution >= 4 is 0 Å². The summed E-state index contributed by atoms with van der Waals surface area (Å²) in [6.45, 7) is 0.596. The number of aryl methyl sites for hydroxylation is 1. The van der Waals surface area contributed by atoms with Gasteiger partial charge in [0, 0.05) is 25.6 Å². The summed E-state index contributed by atoms with van der Waals surface area (Å²) in [4.78, 5) is 1.52. The van der Waals surface area contributed by atoms with E-state index in [2.05, 4.69) is 10.2 Å². The Balaban J connectivity index is 1.73. The van der Waals surface area contributed by atoms with Crippen LogP contribution in [0.5, 0.6) is 0 Å². The van der Waals surface area contributed by atoms with Gasteiger partial charge in [-0.05, 0) is 42.2 Å². The Morgan fingerprint density at radius 3 is 2.48 bits per heavy atom. The van der Waals surface area contributed by atoms with Crippen LogP contribution >= 0.6 is 0 Å². The van der Waals surface area contributed by atoms with Crippen LogP contribution in [0.3, 0.4) is 0 Å². The number of hydrogen-bond acceptors (Lipinski definition) is 5. The maximum atomic E-state index is 12.7. The first kappa shape index (κ1) is 20.4. The molecule has 5 nitrogen and oxygen atoms in total. The average molecular weight is 400 g/mol. The molecule has 3 aromatic rings. The minimum Gasteiger partial charge on any atom is -0.421 e. The van der Waals surface area contributed by atoms with Gasteiger partial charge in [0.05, 0.1) is 5.56 Å². The lowest BCUT2D eigenvalue weighted by molar-refractivity contribution is -0.137. The van der Waals surface area contributed by atoms with Gasteiger partial charge in [-0.3, -0.25) is 0 Å². The molecule has 0 aliphatic heterocycles. The Morgan fingerprint density at radius 1 is 1.07 bits per heavy atom. The van der Waals surface area contributed by atoms with E-state index in [4.69, 9.17) is 9.68 Å². The maximum Gasteiger partial charge on any atom is 0.416 e. The van der Waals surface area contributed by atoms with Crippen LogP contribution in [0.2, 0.25) is 0 Å². The topological polar surface area (TPSA) is 66.0 Å². The van der Waals surface area contributed by atoms with Gasteiger partial charge in [0.1, 0.15) is 0 Å². The lowest BCUT2D eigenvalue weighted by atomic mass is 9.99. The molecule has 0 aliphatic carbocycles. The SMILES string of the molecule is CN(C#N)CCCc1nnc(-c2ccccc2Cc2ccc(C(F)(F)F)cc2)o1. The second-order valence-corrected chi connectivity index (χ2v) is 6.65. The van der Waals surface area contributed by atoms with Crippen molar-refractivity contribution in [1.29, 1.82) is 5.26 Å². The summed E-state index contributed by atoms with van der Waals surface area (Å²) in [5.41, 5.74) is 1.72. The average Bonchev–Trinajstić information content (AvgIpc) is 3.16. The molecule has 0 fully saturated rings. The first-order valence-corrected chi connectivity index (χ1v) is 9.04. The van der Waals surface area contributed by atoms with Gasteiger partial charge < -0.3 is 9.32 Å². The molecule has 1 aromatic heterocycles. The van der Waals surface area contributed by atoms with Crippen molar-refractivity contribution < 1.29 is 17.6 Å². The van der Waals surface area contributed by atoms with Crippen molar-refractivity contribution in [3.05, 3.63) is 71.1 Å². The standard InChI is InChI=1S/C21H19F3N4O/c1-28(14-25)12-4-7-19-26-27-20(29-19)18-6-3-2-5-16(18)13-15-8-10-17(11-9-15)21(22,23)24/h2-3,5-6,8-11H,4,7,12-13H2,1H3. The molecule has 1 heterocycles. The second-order valence-electron chi connectivity index (χ2n) is 6.65. The van der Waals surface area contributed by atoms with Crippen LogP contribution in [0.15, 0.2) is 52.9 Å². The summed E-state index contributed by atoms with van der Waals surface area (Å²) in [5.74, 6) is 0.854. The molecule has 0 amide bonds. The molecule has 150 valence electrons. The Bertz CT molecular complexity index is 990. The molecule has 0 bridgehead atoms. The number of hydrogen-bond donors (Lipinski definition) is 0. The number of halogens is 3. The molecule has 0 aliphatic rings. The van der Waals surface area contributed by atoms with E-state index < -0.39 is 11.7 Å². The Hall–Kier alpha value is -3.34. The van der Waals surface area contributed by atoms with Gasteiger partial charge in [-0.25, -0.2) is 0 Å². The fourth-order valence-electron chi connectivity index (χ4n) is 2.90. The maximum absolute atomic E-state index is 12.7. The van der Waals surface area contributed by atoms with Crippen LogP contribution in [-0.2, 0) is 19.0 Å². The molecular formula is C21H19F3N4O. The number of alkyl halides is 3. The van der Waals surface area contributed by atoms with E-state index >= 15 is 0 Å². The lowest BCUT2D eigenvalue weighted by Crippen LogP contribution is -2.13. The van der Waals surface area contributed by atoms with E-state index in [0.717, 1.165) is 28.8 Å². The lowest BCUT2D eigenvalue weighted by Gasteiger charge is -2.09. The van der Waals surface area contributed by atoms with Crippen LogP contribution < -0.4 is 0 Å². The number of rotatable bonds is 7. The van der Waals surface area contributed by atoms with Crippen molar-refractivity contribution in [1.82, 2.24) is 15.1 Å². The van der Waals surface area contributed by atoms with Crippen LogP contribution in [-0.4, -0.2) is 28.7 Å². The third kappa shape index (κ3) is 5.35. The summed E-state index contributed by atoms with van der Waals surface area (Å²) in [6, 6.07) is 12.6. The monoisotopic (exact) mass is 400 g/mol. The quantitative estimate of drug-likeness (QED) is 0.425. The minimum atomic E-state index is -4.35. The number of nitriles is 1. The summed E-state index contributed by atoms with van der Waals surface area (Å²) >= 11 is 0. The van der Waals surface area contributed by atoms with Gasteiger partial charge in [0.2, 0.25) is 11.8 Å². The second kappa shape index (κ2) is 8.78. The third-order valence-corrected chi connectivity index (χ3v) is 4.45. The predicted molar refractivity (Wildman–Crippen MR) is 101 cm³/mol. The Labute approximate surface area is 166 Å². The first-order chi connectivity index (χ1) is 13.9. The van der Waals surface area contributed by atoms with E-state index in [0.29, 0.717) is 37.6 Å². The highest BCUT2D eigenvalue weighted by Crippen LogP contribution is 2.30. The highest BCUT2D eigenvalue weighted by atomic mass is 19.4. The van der Waals surface area contributed by atoms with E-state index in [9.17, 15) is 13.2 Å². The van der Waals surface area contributed by atoms with Gasteiger partial charge in [-0.15, -0.1) is 10.2 Å². The zero-order valence-corrected chi connectivity index (χ0v) is 15.8. The van der Waals surface area contributed by atoms with Crippen LogP contribution in [0.25, 0.3) is 11.5 Å². The minimum absolute atomic E-state index is 0.371. The van der Waals surface area contributed by atoms with Crippen LogP contribution in [0, 0.1) is 11.5 Å². The molecule has 0 saturated carbocycles. The normalized spacial score (nSPS) is 11.3. The fraction of sp³-hybridized carbons (Fsp3) is 0.286. The van der Waals surface area contributed by atoms with Crippen molar-refractivity contribution in [3.8, 4) is 17.6 Å². The van der Waals surface area contributed by atoms with E-state index in [1.54, 1.807) is 7.05 Å². The first-order valence-electron chi connectivity index (χ1n) is 9.04. The van der Waals surface area contributed by atoms with Crippen LogP contribution in [0.1, 0.15) is 29.0 Å². The molecule has 3 rings (SSSR count). The zero-order chi connectivity index (χ0) is 20.9.